The molecule has 3 aromatic carbocycles. The number of para-hydroxylation sites is 1. The number of ketones is 1. The van der Waals surface area contributed by atoms with Gasteiger partial charge in [-0.15, -0.1) is 0 Å². The van der Waals surface area contributed by atoms with Crippen LogP contribution in [0, 0.1) is 6.92 Å². The minimum Gasteiger partial charge on any atom is -0.484 e. The molecule has 5 heteroatoms. The molecule has 0 heterocycles. The van der Waals surface area contributed by atoms with Crippen LogP contribution in [0.5, 0.6) is 5.75 Å². The van der Waals surface area contributed by atoms with E-state index < -0.39 is 0 Å². The molecule has 0 radical (unpaired) electrons. The average Bonchev–Trinajstić information content (AvgIpc) is 2.69. The SMILES string of the molecule is Cc1cc(OCC(=O)Nc2ccccc2C(=O)c2ccccc2)ccc1Cl. The van der Waals surface area contributed by atoms with Crippen molar-refractivity contribution in [3.8, 4) is 5.75 Å². The largest absolute Gasteiger partial charge is 0.484 e. The number of aryl methyl sites for hydroxylation is 1. The van der Waals surface area contributed by atoms with Gasteiger partial charge >= 0.3 is 0 Å². The topological polar surface area (TPSA) is 55.4 Å². The summed E-state index contributed by atoms with van der Waals surface area (Å²) in [6.07, 6.45) is 0. The molecule has 0 saturated carbocycles. The molecule has 3 rings (SSSR count). The molecule has 3 aromatic rings. The van der Waals surface area contributed by atoms with E-state index in [2.05, 4.69) is 5.32 Å². The zero-order valence-corrected chi connectivity index (χ0v) is 15.5. The molecule has 0 aliphatic heterocycles. The third kappa shape index (κ3) is 4.74. The van der Waals surface area contributed by atoms with Crippen LogP contribution in [0.3, 0.4) is 0 Å². The summed E-state index contributed by atoms with van der Waals surface area (Å²) in [4.78, 5) is 25.0. The predicted molar refractivity (Wildman–Crippen MR) is 107 cm³/mol. The molecule has 0 saturated heterocycles. The van der Waals surface area contributed by atoms with Gasteiger partial charge in [-0.2, -0.15) is 0 Å². The lowest BCUT2D eigenvalue weighted by molar-refractivity contribution is -0.118. The van der Waals surface area contributed by atoms with Crippen molar-refractivity contribution in [2.45, 2.75) is 6.92 Å². The summed E-state index contributed by atoms with van der Waals surface area (Å²) < 4.78 is 5.51. The number of hydrogen-bond donors (Lipinski definition) is 1. The highest BCUT2D eigenvalue weighted by atomic mass is 35.5. The van der Waals surface area contributed by atoms with Gasteiger partial charge in [0.25, 0.3) is 5.91 Å². The molecule has 27 heavy (non-hydrogen) atoms. The summed E-state index contributed by atoms with van der Waals surface area (Å²) in [5.41, 5.74) is 2.31. The fourth-order valence-corrected chi connectivity index (χ4v) is 2.69. The lowest BCUT2D eigenvalue weighted by atomic mass is 10.0. The second kappa shape index (κ2) is 8.52. The van der Waals surface area contributed by atoms with Crippen molar-refractivity contribution in [3.05, 3.63) is 94.5 Å². The van der Waals surface area contributed by atoms with Crippen LogP contribution in [0.1, 0.15) is 21.5 Å². The van der Waals surface area contributed by atoms with Gasteiger partial charge in [0, 0.05) is 16.1 Å². The monoisotopic (exact) mass is 379 g/mol. The van der Waals surface area contributed by atoms with Crippen molar-refractivity contribution < 1.29 is 14.3 Å². The van der Waals surface area contributed by atoms with Crippen LogP contribution in [0.2, 0.25) is 5.02 Å². The summed E-state index contributed by atoms with van der Waals surface area (Å²) in [5, 5.41) is 3.39. The van der Waals surface area contributed by atoms with Gasteiger partial charge in [0.15, 0.2) is 12.4 Å². The zero-order valence-electron chi connectivity index (χ0n) is 14.7. The molecule has 0 atom stereocenters. The molecule has 136 valence electrons. The smallest absolute Gasteiger partial charge is 0.262 e. The Morgan fingerprint density at radius 1 is 0.963 bits per heavy atom. The number of nitrogens with one attached hydrogen (secondary N) is 1. The highest BCUT2D eigenvalue weighted by Crippen LogP contribution is 2.22. The molecule has 1 amide bonds. The number of ether oxygens (including phenoxy) is 1. The van der Waals surface area contributed by atoms with E-state index in [-0.39, 0.29) is 18.3 Å². The minimum absolute atomic E-state index is 0.152. The second-order valence-corrected chi connectivity index (χ2v) is 6.40. The molecular formula is C22H18ClNO3. The van der Waals surface area contributed by atoms with Crippen LogP contribution in [0.4, 0.5) is 5.69 Å². The van der Waals surface area contributed by atoms with E-state index in [0.717, 1.165) is 5.56 Å². The summed E-state index contributed by atoms with van der Waals surface area (Å²) in [6, 6.07) is 21.0. The van der Waals surface area contributed by atoms with Gasteiger partial charge in [-0.1, -0.05) is 54.1 Å². The Bertz CT molecular complexity index is 970. The van der Waals surface area contributed by atoms with Gasteiger partial charge in [-0.25, -0.2) is 0 Å². The van der Waals surface area contributed by atoms with Crippen LogP contribution >= 0.6 is 11.6 Å². The van der Waals surface area contributed by atoms with Gasteiger partial charge in [0.1, 0.15) is 5.75 Å². The van der Waals surface area contributed by atoms with Gasteiger partial charge in [-0.05, 0) is 42.8 Å². The molecule has 4 nitrogen and oxygen atoms in total. The van der Waals surface area contributed by atoms with E-state index >= 15 is 0 Å². The Morgan fingerprint density at radius 3 is 2.41 bits per heavy atom. The molecule has 0 aliphatic carbocycles. The molecule has 0 spiro atoms. The maximum absolute atomic E-state index is 12.7. The van der Waals surface area contributed by atoms with Crippen molar-refractivity contribution >= 4 is 29.0 Å². The predicted octanol–water partition coefficient (Wildman–Crippen LogP) is 4.90. The highest BCUT2D eigenvalue weighted by Gasteiger charge is 2.15. The van der Waals surface area contributed by atoms with Gasteiger partial charge in [0.2, 0.25) is 0 Å². The summed E-state index contributed by atoms with van der Waals surface area (Å²) in [5.74, 6) is 0.0531. The van der Waals surface area contributed by atoms with Crippen molar-refractivity contribution in [1.82, 2.24) is 0 Å². The minimum atomic E-state index is -0.351. The van der Waals surface area contributed by atoms with Crippen LogP contribution in [0.25, 0.3) is 0 Å². The van der Waals surface area contributed by atoms with Crippen LogP contribution in [-0.2, 0) is 4.79 Å². The second-order valence-electron chi connectivity index (χ2n) is 5.99. The number of hydrogen-bond acceptors (Lipinski definition) is 3. The molecule has 1 N–H and O–H groups in total. The number of carbonyl (C=O) groups is 2. The molecule has 0 bridgehead atoms. The normalized spacial score (nSPS) is 10.3. The first-order valence-corrected chi connectivity index (χ1v) is 8.80. The van der Waals surface area contributed by atoms with Crippen LogP contribution < -0.4 is 10.1 Å². The number of benzene rings is 3. The Kier molecular flexibility index (Phi) is 5.89. The summed E-state index contributed by atoms with van der Waals surface area (Å²) in [6.45, 7) is 1.69. The van der Waals surface area contributed by atoms with Crippen LogP contribution in [0.15, 0.2) is 72.8 Å². The first-order valence-electron chi connectivity index (χ1n) is 8.42. The summed E-state index contributed by atoms with van der Waals surface area (Å²) in [7, 11) is 0. The molecule has 0 aromatic heterocycles. The standard InChI is InChI=1S/C22H18ClNO3/c1-15-13-17(11-12-19(15)23)27-14-21(25)24-20-10-6-5-9-18(20)22(26)16-7-3-2-4-8-16/h2-13H,14H2,1H3,(H,24,25). The average molecular weight is 380 g/mol. The van der Waals surface area contributed by atoms with Crippen LogP contribution in [-0.4, -0.2) is 18.3 Å². The maximum atomic E-state index is 12.7. The Hall–Kier alpha value is -3.11. The van der Waals surface area contributed by atoms with E-state index in [1.54, 1.807) is 66.7 Å². The first kappa shape index (κ1) is 18.7. The lowest BCUT2D eigenvalue weighted by Crippen LogP contribution is -2.21. The van der Waals surface area contributed by atoms with E-state index in [9.17, 15) is 9.59 Å². The number of rotatable bonds is 6. The zero-order chi connectivity index (χ0) is 19.2. The number of halogens is 1. The third-order valence-electron chi connectivity index (χ3n) is 3.98. The third-order valence-corrected chi connectivity index (χ3v) is 4.41. The molecule has 0 fully saturated rings. The van der Waals surface area contributed by atoms with Crippen molar-refractivity contribution in [3.63, 3.8) is 0 Å². The molecule has 0 unspecified atom stereocenters. The van der Waals surface area contributed by atoms with Gasteiger partial charge < -0.3 is 10.1 Å². The number of anilines is 1. The Balaban J connectivity index is 1.69. The van der Waals surface area contributed by atoms with E-state index in [1.807, 2.05) is 13.0 Å². The number of amides is 1. The summed E-state index contributed by atoms with van der Waals surface area (Å²) >= 11 is 5.98. The van der Waals surface area contributed by atoms with E-state index in [0.29, 0.717) is 27.6 Å². The quantitative estimate of drug-likeness (QED) is 0.620. The van der Waals surface area contributed by atoms with Gasteiger partial charge in [-0.3, -0.25) is 9.59 Å². The maximum Gasteiger partial charge on any atom is 0.262 e. The first-order chi connectivity index (χ1) is 13.0. The lowest BCUT2D eigenvalue weighted by Gasteiger charge is -2.11. The van der Waals surface area contributed by atoms with Crippen molar-refractivity contribution in [1.29, 1.82) is 0 Å². The van der Waals surface area contributed by atoms with Gasteiger partial charge in [0.05, 0.1) is 5.69 Å². The Morgan fingerprint density at radius 2 is 1.67 bits per heavy atom. The fourth-order valence-electron chi connectivity index (χ4n) is 2.58. The molecule has 0 aliphatic rings. The van der Waals surface area contributed by atoms with Crippen molar-refractivity contribution in [2.24, 2.45) is 0 Å². The highest BCUT2D eigenvalue weighted by molar-refractivity contribution is 6.31. The molecular weight excluding hydrogens is 362 g/mol. The van der Waals surface area contributed by atoms with E-state index in [1.165, 1.54) is 0 Å². The number of carbonyl (C=O) groups excluding carboxylic acids is 2. The van der Waals surface area contributed by atoms with Crippen molar-refractivity contribution in [2.75, 3.05) is 11.9 Å². The fraction of sp³-hybridized carbons (Fsp3) is 0.0909. The van der Waals surface area contributed by atoms with E-state index in [4.69, 9.17) is 16.3 Å². The Labute approximate surface area is 162 Å².